The number of aliphatic hydroxyl groups is 1. The number of ether oxygens (including phenoxy) is 1. The lowest BCUT2D eigenvalue weighted by atomic mass is 10.0. The lowest BCUT2D eigenvalue weighted by molar-refractivity contribution is -0.142. The van der Waals surface area contributed by atoms with E-state index in [2.05, 4.69) is 4.74 Å². The fourth-order valence-electron chi connectivity index (χ4n) is 1.77. The molecule has 0 amide bonds. The standard InChI is InChI=1S/C14H14O3/c1-17-14(16)9-13(15)12-7-6-10-4-2-3-5-11(10)8-12/h2-8,13,15H,9H2,1H3. The van der Waals surface area contributed by atoms with Crippen LogP contribution in [0.4, 0.5) is 0 Å². The summed E-state index contributed by atoms with van der Waals surface area (Å²) in [5.74, 6) is -0.411. The molecule has 2 aromatic rings. The van der Waals surface area contributed by atoms with Gasteiger partial charge in [-0.1, -0.05) is 36.4 Å². The largest absolute Gasteiger partial charge is 0.469 e. The van der Waals surface area contributed by atoms with Gasteiger partial charge in [0.05, 0.1) is 19.6 Å². The first kappa shape index (κ1) is 11.6. The molecule has 0 radical (unpaired) electrons. The van der Waals surface area contributed by atoms with Gasteiger partial charge < -0.3 is 9.84 Å². The Morgan fingerprint density at radius 3 is 2.65 bits per heavy atom. The van der Waals surface area contributed by atoms with Gasteiger partial charge in [-0.3, -0.25) is 4.79 Å². The number of methoxy groups -OCH3 is 1. The fourth-order valence-corrected chi connectivity index (χ4v) is 1.77. The average Bonchev–Trinajstić information content (AvgIpc) is 2.38. The fraction of sp³-hybridized carbons (Fsp3) is 0.214. The van der Waals surface area contributed by atoms with Crippen LogP contribution in [0.3, 0.4) is 0 Å². The molecule has 0 fully saturated rings. The molecule has 0 heterocycles. The van der Waals surface area contributed by atoms with Crippen LogP contribution in [0.1, 0.15) is 18.1 Å². The van der Waals surface area contributed by atoms with Crippen LogP contribution < -0.4 is 0 Å². The lowest BCUT2D eigenvalue weighted by Crippen LogP contribution is -2.07. The molecule has 0 saturated carbocycles. The van der Waals surface area contributed by atoms with Gasteiger partial charge in [-0.15, -0.1) is 0 Å². The van der Waals surface area contributed by atoms with Crippen molar-refractivity contribution in [2.75, 3.05) is 7.11 Å². The van der Waals surface area contributed by atoms with E-state index in [4.69, 9.17) is 0 Å². The first-order valence-electron chi connectivity index (χ1n) is 5.44. The van der Waals surface area contributed by atoms with E-state index >= 15 is 0 Å². The van der Waals surface area contributed by atoms with E-state index in [0.717, 1.165) is 16.3 Å². The normalized spacial score (nSPS) is 12.4. The quantitative estimate of drug-likeness (QED) is 0.824. The van der Waals surface area contributed by atoms with Gasteiger partial charge in [0.15, 0.2) is 0 Å². The van der Waals surface area contributed by atoms with Gasteiger partial charge in [0.1, 0.15) is 0 Å². The maximum atomic E-state index is 11.1. The van der Waals surface area contributed by atoms with Crippen LogP contribution in [0, 0.1) is 0 Å². The molecule has 2 rings (SSSR count). The zero-order valence-corrected chi connectivity index (χ0v) is 9.59. The molecule has 1 N–H and O–H groups in total. The maximum absolute atomic E-state index is 11.1. The Kier molecular flexibility index (Phi) is 3.40. The highest BCUT2D eigenvalue weighted by Gasteiger charge is 2.13. The van der Waals surface area contributed by atoms with Crippen molar-refractivity contribution in [3.63, 3.8) is 0 Å². The summed E-state index contributed by atoms with van der Waals surface area (Å²) in [6, 6.07) is 13.5. The Hall–Kier alpha value is -1.87. The van der Waals surface area contributed by atoms with Crippen LogP contribution in [-0.2, 0) is 9.53 Å². The number of fused-ring (bicyclic) bond motifs is 1. The predicted octanol–water partition coefficient (Wildman–Crippen LogP) is 2.44. The second-order valence-electron chi connectivity index (χ2n) is 3.90. The summed E-state index contributed by atoms with van der Waals surface area (Å²) < 4.78 is 4.53. The predicted molar refractivity (Wildman–Crippen MR) is 65.5 cm³/mol. The highest BCUT2D eigenvalue weighted by atomic mass is 16.5. The summed E-state index contributed by atoms with van der Waals surface area (Å²) in [5, 5.41) is 12.0. The topological polar surface area (TPSA) is 46.5 Å². The number of benzene rings is 2. The van der Waals surface area contributed by atoms with E-state index in [-0.39, 0.29) is 6.42 Å². The van der Waals surface area contributed by atoms with Crippen molar-refractivity contribution in [1.82, 2.24) is 0 Å². The number of esters is 1. The third kappa shape index (κ3) is 2.63. The van der Waals surface area contributed by atoms with Gasteiger partial charge in [0.2, 0.25) is 0 Å². The van der Waals surface area contributed by atoms with Crippen molar-refractivity contribution >= 4 is 16.7 Å². The van der Waals surface area contributed by atoms with Crippen LogP contribution in [0.2, 0.25) is 0 Å². The zero-order valence-electron chi connectivity index (χ0n) is 9.59. The molecule has 88 valence electrons. The molecule has 0 aliphatic heterocycles. The van der Waals surface area contributed by atoms with Crippen LogP contribution >= 0.6 is 0 Å². The molecule has 2 aromatic carbocycles. The van der Waals surface area contributed by atoms with Gasteiger partial charge in [-0.25, -0.2) is 0 Å². The van der Waals surface area contributed by atoms with Gasteiger partial charge >= 0.3 is 5.97 Å². The minimum absolute atomic E-state index is 0.0190. The number of aliphatic hydroxyl groups excluding tert-OH is 1. The van der Waals surface area contributed by atoms with Crippen LogP contribution in [0.15, 0.2) is 42.5 Å². The second kappa shape index (κ2) is 4.97. The molecular formula is C14H14O3. The molecule has 0 aromatic heterocycles. The molecule has 0 aliphatic rings. The number of hydrogen-bond donors (Lipinski definition) is 1. The average molecular weight is 230 g/mol. The van der Waals surface area contributed by atoms with Crippen molar-refractivity contribution in [2.24, 2.45) is 0 Å². The molecule has 3 heteroatoms. The van der Waals surface area contributed by atoms with Crippen molar-refractivity contribution in [2.45, 2.75) is 12.5 Å². The van der Waals surface area contributed by atoms with Crippen molar-refractivity contribution in [3.05, 3.63) is 48.0 Å². The molecule has 1 unspecified atom stereocenters. The molecular weight excluding hydrogens is 216 g/mol. The number of hydrogen-bond acceptors (Lipinski definition) is 3. The summed E-state index contributed by atoms with van der Waals surface area (Å²) in [4.78, 5) is 11.1. The Morgan fingerprint density at radius 2 is 1.94 bits per heavy atom. The smallest absolute Gasteiger partial charge is 0.308 e. The van der Waals surface area contributed by atoms with Gasteiger partial charge in [0.25, 0.3) is 0 Å². The molecule has 0 spiro atoms. The van der Waals surface area contributed by atoms with E-state index < -0.39 is 12.1 Å². The van der Waals surface area contributed by atoms with Crippen LogP contribution in [-0.4, -0.2) is 18.2 Å². The second-order valence-corrected chi connectivity index (χ2v) is 3.90. The van der Waals surface area contributed by atoms with E-state index in [1.165, 1.54) is 7.11 Å². The third-order valence-electron chi connectivity index (χ3n) is 2.75. The van der Waals surface area contributed by atoms with Crippen molar-refractivity contribution in [3.8, 4) is 0 Å². The minimum Gasteiger partial charge on any atom is -0.469 e. The molecule has 3 nitrogen and oxygen atoms in total. The van der Waals surface area contributed by atoms with Gasteiger partial charge in [-0.2, -0.15) is 0 Å². The summed E-state index contributed by atoms with van der Waals surface area (Å²) in [6.45, 7) is 0. The molecule has 1 atom stereocenters. The Morgan fingerprint density at radius 1 is 1.24 bits per heavy atom. The van der Waals surface area contributed by atoms with E-state index in [1.54, 1.807) is 0 Å². The summed E-state index contributed by atoms with van der Waals surface area (Å²) in [6.07, 6.45) is -0.832. The Labute approximate surface area is 99.6 Å². The monoisotopic (exact) mass is 230 g/mol. The Bertz CT molecular complexity index is 534. The van der Waals surface area contributed by atoms with E-state index in [9.17, 15) is 9.90 Å². The summed E-state index contributed by atoms with van der Waals surface area (Å²) in [5.41, 5.74) is 0.731. The van der Waals surface area contributed by atoms with Crippen molar-refractivity contribution in [1.29, 1.82) is 0 Å². The van der Waals surface area contributed by atoms with Crippen molar-refractivity contribution < 1.29 is 14.6 Å². The minimum atomic E-state index is -0.813. The number of carbonyl (C=O) groups excluding carboxylic acids is 1. The third-order valence-corrected chi connectivity index (χ3v) is 2.75. The summed E-state index contributed by atoms with van der Waals surface area (Å²) >= 11 is 0. The van der Waals surface area contributed by atoms with E-state index in [0.29, 0.717) is 0 Å². The van der Waals surface area contributed by atoms with Crippen LogP contribution in [0.25, 0.3) is 10.8 Å². The first-order chi connectivity index (χ1) is 8.20. The van der Waals surface area contributed by atoms with Crippen LogP contribution in [0.5, 0.6) is 0 Å². The number of carbonyl (C=O) groups is 1. The molecule has 0 saturated heterocycles. The highest BCUT2D eigenvalue weighted by molar-refractivity contribution is 5.83. The van der Waals surface area contributed by atoms with Gasteiger partial charge in [-0.05, 0) is 22.4 Å². The lowest BCUT2D eigenvalue weighted by Gasteiger charge is -2.10. The Balaban J connectivity index is 2.26. The first-order valence-corrected chi connectivity index (χ1v) is 5.44. The zero-order chi connectivity index (χ0) is 12.3. The maximum Gasteiger partial charge on any atom is 0.308 e. The summed E-state index contributed by atoms with van der Waals surface area (Å²) in [7, 11) is 1.31. The number of rotatable bonds is 3. The molecule has 17 heavy (non-hydrogen) atoms. The highest BCUT2D eigenvalue weighted by Crippen LogP contribution is 2.22. The SMILES string of the molecule is COC(=O)CC(O)c1ccc2ccccc2c1. The van der Waals surface area contributed by atoms with E-state index in [1.807, 2.05) is 42.5 Å². The molecule has 0 bridgehead atoms. The molecule has 0 aliphatic carbocycles. The van der Waals surface area contributed by atoms with Gasteiger partial charge in [0, 0.05) is 0 Å².